The van der Waals surface area contributed by atoms with Crippen LogP contribution in [0.5, 0.6) is 0 Å². The Hall–Kier alpha value is -4.11. The Morgan fingerprint density at radius 1 is 0.679 bits per heavy atom. The van der Waals surface area contributed by atoms with Crippen LogP contribution >= 0.6 is 0 Å². The maximum atomic E-state index is 13.1. The molecule has 0 radical (unpaired) electrons. The number of nitrogens with zero attached hydrogens (tertiary/aromatic N) is 2. The third-order valence-electron chi connectivity index (χ3n) is 11.8. The van der Waals surface area contributed by atoms with Crippen molar-refractivity contribution in [3.63, 3.8) is 0 Å². The van der Waals surface area contributed by atoms with Gasteiger partial charge in [0, 0.05) is 20.0 Å². The SMILES string of the molecule is CN1C(=O)/C(=C(O)/C=C/C=C/C=C/[C@H]2CCC=C[C@@H]2/C=C/C=C/C=C/C(O)=C2/C(=O)[C@H](CO[Si](C)(C)C(C)(C)C)N(C)C2=O)C(=O)[C@@H]1CO[Si](C)(C)C(C)(C)C. The number of hydrogen-bond acceptors (Lipinski definition) is 8. The molecule has 2 amide bonds. The van der Waals surface area contributed by atoms with Gasteiger partial charge < -0.3 is 28.9 Å². The molecule has 2 heterocycles. The Balaban J connectivity index is 1.57. The van der Waals surface area contributed by atoms with Gasteiger partial charge in [0.2, 0.25) is 0 Å². The van der Waals surface area contributed by atoms with Crippen LogP contribution in [0.15, 0.2) is 108 Å². The van der Waals surface area contributed by atoms with Gasteiger partial charge in [0.1, 0.15) is 34.7 Å². The van der Waals surface area contributed by atoms with E-state index in [4.69, 9.17) is 8.85 Å². The lowest BCUT2D eigenvalue weighted by atomic mass is 9.83. The lowest BCUT2D eigenvalue weighted by Gasteiger charge is -2.37. The van der Waals surface area contributed by atoms with Gasteiger partial charge >= 0.3 is 0 Å². The zero-order valence-corrected chi connectivity index (χ0v) is 37.5. The summed E-state index contributed by atoms with van der Waals surface area (Å²) in [6, 6.07) is -1.53. The third kappa shape index (κ3) is 11.3. The summed E-state index contributed by atoms with van der Waals surface area (Å²) in [7, 11) is -1.15. The van der Waals surface area contributed by atoms with Crippen molar-refractivity contribution in [2.24, 2.45) is 11.8 Å². The van der Waals surface area contributed by atoms with Crippen LogP contribution in [0, 0.1) is 11.8 Å². The van der Waals surface area contributed by atoms with Crippen molar-refractivity contribution in [1.82, 2.24) is 9.80 Å². The zero-order valence-electron chi connectivity index (χ0n) is 35.5. The molecule has 2 aliphatic heterocycles. The minimum atomic E-state index is -2.13. The number of likely N-dealkylation sites (N-methyl/N-ethyl adjacent to an activating group) is 2. The highest BCUT2D eigenvalue weighted by Gasteiger charge is 2.47. The second-order valence-electron chi connectivity index (χ2n) is 17.8. The summed E-state index contributed by atoms with van der Waals surface area (Å²) < 4.78 is 12.4. The van der Waals surface area contributed by atoms with Crippen LogP contribution in [0.2, 0.25) is 36.3 Å². The lowest BCUT2D eigenvalue weighted by molar-refractivity contribution is -0.126. The number of amides is 2. The molecular formula is C44H64N2O8Si2. The molecule has 1 aliphatic carbocycles. The number of hydrogen-bond donors (Lipinski definition) is 2. The molecule has 0 aromatic heterocycles. The standard InChI is InChI=1S/C44H64N2O8Si2/c1-43(2,3)55(9,10)53-29-33-39(49)37(41(51)45(33)7)35(47)27-19-15-13-17-23-31-25-21-22-26-32(31)24-18-14-16-20-28-36(48)38-40(50)34(46(8)42(38)52)30-54-56(11,12)44(4,5)6/h13-21,23-25,27-28,31-34,47-48H,22,26,29-30H2,1-12H3/b15-13+,16-14+,23-17+,24-18+,27-19+,28-20+,37-35+,38-36-/t31-,32-,33-,34-/m0/s1. The first kappa shape index (κ1) is 46.3. The number of ketones is 2. The number of Topliss-reactive ketones (excluding diaryl/α,β-unsaturated/α-hetero) is 2. The van der Waals surface area contributed by atoms with Crippen molar-refractivity contribution in [3.8, 4) is 0 Å². The number of aliphatic hydroxyl groups is 2. The first-order chi connectivity index (χ1) is 25.9. The van der Waals surface area contributed by atoms with Crippen LogP contribution in [0.4, 0.5) is 0 Å². The Kier molecular flexibility index (Phi) is 15.6. The van der Waals surface area contributed by atoms with E-state index in [0.29, 0.717) is 0 Å². The van der Waals surface area contributed by atoms with Gasteiger partial charge in [-0.2, -0.15) is 0 Å². The summed E-state index contributed by atoms with van der Waals surface area (Å²) in [6.07, 6.45) is 27.3. The fraction of sp³-hybridized carbons (Fsp3) is 0.500. The highest BCUT2D eigenvalue weighted by Crippen LogP contribution is 2.38. The largest absolute Gasteiger partial charge is 0.507 e. The Morgan fingerprint density at radius 3 is 1.48 bits per heavy atom. The summed E-state index contributed by atoms with van der Waals surface area (Å²) in [5.41, 5.74) is -0.442. The van der Waals surface area contributed by atoms with E-state index in [1.54, 1.807) is 38.4 Å². The Morgan fingerprint density at radius 2 is 1.07 bits per heavy atom. The number of carbonyl (C=O) groups is 4. The van der Waals surface area contributed by atoms with E-state index in [0.717, 1.165) is 12.8 Å². The van der Waals surface area contributed by atoms with E-state index >= 15 is 0 Å². The minimum absolute atomic E-state index is 0.0392. The average Bonchev–Trinajstić information content (AvgIpc) is 3.45. The second kappa shape index (κ2) is 18.9. The van der Waals surface area contributed by atoms with Crippen LogP contribution < -0.4 is 0 Å². The van der Waals surface area contributed by atoms with Crippen molar-refractivity contribution >= 4 is 40.0 Å². The van der Waals surface area contributed by atoms with Gasteiger partial charge in [0.05, 0.1) is 13.2 Å². The van der Waals surface area contributed by atoms with Crippen molar-refractivity contribution in [2.45, 2.75) is 103 Å². The van der Waals surface area contributed by atoms with Gasteiger partial charge in [0.15, 0.2) is 28.2 Å². The van der Waals surface area contributed by atoms with Gasteiger partial charge in [-0.15, -0.1) is 0 Å². The van der Waals surface area contributed by atoms with Crippen LogP contribution in [0.3, 0.4) is 0 Å². The van der Waals surface area contributed by atoms with Crippen molar-refractivity contribution in [2.75, 3.05) is 27.3 Å². The number of aliphatic hydroxyl groups excluding tert-OH is 2. The topological polar surface area (TPSA) is 134 Å². The predicted molar refractivity (Wildman–Crippen MR) is 229 cm³/mol. The fourth-order valence-corrected chi connectivity index (χ4v) is 7.83. The summed E-state index contributed by atoms with van der Waals surface area (Å²) >= 11 is 0. The second-order valence-corrected chi connectivity index (χ2v) is 27.4. The van der Waals surface area contributed by atoms with Crippen LogP contribution in [0.1, 0.15) is 54.4 Å². The molecule has 306 valence electrons. The molecule has 4 atom stereocenters. The molecule has 0 bridgehead atoms. The zero-order chi connectivity index (χ0) is 42.2. The van der Waals surface area contributed by atoms with Crippen molar-refractivity contribution < 1.29 is 38.2 Å². The smallest absolute Gasteiger partial charge is 0.261 e. The Bertz CT molecular complexity index is 1780. The molecule has 56 heavy (non-hydrogen) atoms. The van der Waals surface area contributed by atoms with Crippen molar-refractivity contribution in [3.05, 3.63) is 108 Å². The number of likely N-dealkylation sites (tertiary alicyclic amines) is 2. The highest BCUT2D eigenvalue weighted by molar-refractivity contribution is 6.74. The maximum Gasteiger partial charge on any atom is 0.261 e. The van der Waals surface area contributed by atoms with Crippen LogP contribution in [-0.2, 0) is 28.0 Å². The van der Waals surface area contributed by atoms with Gasteiger partial charge in [-0.1, -0.05) is 114 Å². The summed E-state index contributed by atoms with van der Waals surface area (Å²) in [6.45, 7) is 21.2. The Labute approximate surface area is 336 Å². The highest BCUT2D eigenvalue weighted by atomic mass is 28.4. The predicted octanol–water partition coefficient (Wildman–Crippen LogP) is 8.39. The molecule has 0 saturated carbocycles. The number of allylic oxidation sites excluding steroid dienone is 14. The summed E-state index contributed by atoms with van der Waals surface area (Å²) in [5, 5.41) is 21.2. The third-order valence-corrected chi connectivity index (χ3v) is 20.8. The van der Waals surface area contributed by atoms with Gasteiger partial charge in [-0.05, 0) is 67.2 Å². The minimum Gasteiger partial charge on any atom is -0.507 e. The van der Waals surface area contributed by atoms with Crippen molar-refractivity contribution in [1.29, 1.82) is 0 Å². The van der Waals surface area contributed by atoms with E-state index < -0.39 is 52.1 Å². The van der Waals surface area contributed by atoms with Gasteiger partial charge in [-0.25, -0.2) is 0 Å². The molecule has 0 aromatic carbocycles. The number of carbonyl (C=O) groups excluding carboxylic acids is 4. The first-order valence-electron chi connectivity index (χ1n) is 19.4. The summed E-state index contributed by atoms with van der Waals surface area (Å²) in [5.74, 6) is -2.20. The van der Waals surface area contributed by atoms with E-state index in [9.17, 15) is 29.4 Å². The molecule has 2 N–H and O–H groups in total. The molecule has 3 aliphatic rings. The van der Waals surface area contributed by atoms with Crippen LogP contribution in [0.25, 0.3) is 0 Å². The quantitative estimate of drug-likeness (QED) is 0.0447. The molecule has 0 spiro atoms. The van der Waals surface area contributed by atoms with E-state index in [1.807, 2.05) is 24.3 Å². The molecule has 0 unspecified atom stereocenters. The monoisotopic (exact) mass is 804 g/mol. The fourth-order valence-electron chi connectivity index (χ4n) is 5.81. The van der Waals surface area contributed by atoms with Gasteiger partial charge in [-0.3, -0.25) is 19.2 Å². The van der Waals surface area contributed by atoms with Gasteiger partial charge in [0.25, 0.3) is 11.8 Å². The van der Waals surface area contributed by atoms with E-state index in [1.165, 1.54) is 22.0 Å². The summed E-state index contributed by atoms with van der Waals surface area (Å²) in [4.78, 5) is 54.6. The van der Waals surface area contributed by atoms with E-state index in [2.05, 4.69) is 92.0 Å². The molecule has 0 aromatic rings. The molecular weight excluding hydrogens is 741 g/mol. The number of rotatable bonds is 14. The normalized spacial score (nSPS) is 25.4. The average molecular weight is 805 g/mol. The lowest BCUT2D eigenvalue weighted by Crippen LogP contribution is -2.45. The molecule has 12 heteroatoms. The van der Waals surface area contributed by atoms with E-state index in [-0.39, 0.29) is 57.8 Å². The molecule has 2 saturated heterocycles. The first-order valence-corrected chi connectivity index (χ1v) is 25.2. The van der Waals surface area contributed by atoms with Crippen LogP contribution in [-0.4, -0.2) is 99.4 Å². The maximum absolute atomic E-state index is 13.1. The molecule has 3 rings (SSSR count). The molecule has 10 nitrogen and oxygen atoms in total. The molecule has 2 fully saturated rings.